The highest BCUT2D eigenvalue weighted by atomic mass is 32.2. The summed E-state index contributed by atoms with van der Waals surface area (Å²) in [7, 11) is 1.55. The van der Waals surface area contributed by atoms with E-state index in [4.69, 9.17) is 13.9 Å². The van der Waals surface area contributed by atoms with Gasteiger partial charge < -0.3 is 29.6 Å². The van der Waals surface area contributed by atoms with Crippen molar-refractivity contribution in [2.45, 2.75) is 50.5 Å². The number of hydrogen-bond acceptors (Lipinski definition) is 9. The second kappa shape index (κ2) is 12.5. The fraction of sp³-hybridized carbons (Fsp3) is 0.478. The molecule has 4 atom stereocenters. The van der Waals surface area contributed by atoms with Gasteiger partial charge in [-0.2, -0.15) is 0 Å². The van der Waals surface area contributed by atoms with Crippen molar-refractivity contribution in [3.05, 3.63) is 53.1 Å². The zero-order valence-electron chi connectivity index (χ0n) is 19.1. The summed E-state index contributed by atoms with van der Waals surface area (Å²) in [6, 6.07) is -0.995. The largest absolute Gasteiger partial charge is 0.461 e. The number of ether oxygens (including phenoxy) is 2. The first kappa shape index (κ1) is 25.7. The second-order valence-corrected chi connectivity index (χ2v) is 8.97. The van der Waals surface area contributed by atoms with Crippen LogP contribution >= 0.6 is 11.8 Å². The maximum Gasteiger partial charge on any atom is 0.329 e. The highest BCUT2D eigenvalue weighted by molar-refractivity contribution is 8.04. The fourth-order valence-corrected chi connectivity index (χ4v) is 4.18. The summed E-state index contributed by atoms with van der Waals surface area (Å²) in [4.78, 5) is 42.6. The molecule has 3 heterocycles. The van der Waals surface area contributed by atoms with Gasteiger partial charge >= 0.3 is 5.97 Å². The van der Waals surface area contributed by atoms with Crippen molar-refractivity contribution in [2.75, 3.05) is 19.4 Å². The van der Waals surface area contributed by atoms with Crippen molar-refractivity contribution in [3.8, 4) is 0 Å². The summed E-state index contributed by atoms with van der Waals surface area (Å²) in [5.41, 5.74) is -0.0140. The lowest BCUT2D eigenvalue weighted by Crippen LogP contribution is -2.44. The molecular weight excluding hydrogens is 462 g/mol. The first-order valence-electron chi connectivity index (χ1n) is 11.0. The van der Waals surface area contributed by atoms with Crippen molar-refractivity contribution in [3.63, 3.8) is 0 Å². The molecule has 0 aliphatic carbocycles. The van der Waals surface area contributed by atoms with E-state index in [-0.39, 0.29) is 42.3 Å². The quantitative estimate of drug-likeness (QED) is 0.496. The van der Waals surface area contributed by atoms with E-state index < -0.39 is 30.1 Å². The van der Waals surface area contributed by atoms with Gasteiger partial charge in [-0.3, -0.25) is 9.59 Å². The molecule has 3 rings (SSSR count). The van der Waals surface area contributed by atoms with Crippen LogP contribution in [0.25, 0.3) is 0 Å². The van der Waals surface area contributed by atoms with E-state index in [0.717, 1.165) is 11.8 Å². The minimum Gasteiger partial charge on any atom is -0.461 e. The first-order valence-corrected chi connectivity index (χ1v) is 12.0. The molecule has 0 saturated heterocycles. The average Bonchev–Trinajstić information content (AvgIpc) is 3.28. The average molecular weight is 492 g/mol. The number of hydrogen-bond donors (Lipinski definition) is 3. The molecule has 1 aromatic heterocycles. The Balaban J connectivity index is 1.85. The van der Waals surface area contributed by atoms with Gasteiger partial charge in [0.15, 0.2) is 11.6 Å². The van der Waals surface area contributed by atoms with E-state index in [1.807, 2.05) is 0 Å². The van der Waals surface area contributed by atoms with Gasteiger partial charge in [-0.05, 0) is 13.3 Å². The number of methoxy groups -OCH3 is 1. The highest BCUT2D eigenvalue weighted by Gasteiger charge is 2.28. The molecular formula is C23H29N3O7S. The Bertz CT molecular complexity index is 972. The minimum absolute atomic E-state index is 0.0140. The van der Waals surface area contributed by atoms with Crippen molar-refractivity contribution in [1.82, 2.24) is 15.6 Å². The zero-order chi connectivity index (χ0) is 24.5. The lowest BCUT2D eigenvalue weighted by atomic mass is 10.1. The van der Waals surface area contributed by atoms with E-state index in [1.54, 1.807) is 44.4 Å². The molecule has 3 N–H and O–H groups in total. The van der Waals surface area contributed by atoms with Crippen LogP contribution in [0.5, 0.6) is 0 Å². The van der Waals surface area contributed by atoms with Gasteiger partial charge in [0.1, 0.15) is 18.4 Å². The Morgan fingerprint density at radius 1 is 1.21 bits per heavy atom. The molecule has 0 aromatic carbocycles. The smallest absolute Gasteiger partial charge is 0.329 e. The lowest BCUT2D eigenvalue weighted by molar-refractivity contribution is -0.149. The number of nitrogens with one attached hydrogen (secondary N) is 2. The first-order chi connectivity index (χ1) is 16.4. The number of oxazole rings is 1. The number of carbonyl (C=O) groups is 3. The van der Waals surface area contributed by atoms with Crippen LogP contribution in [0, 0.1) is 0 Å². The number of amides is 2. The van der Waals surface area contributed by atoms with Crippen molar-refractivity contribution in [2.24, 2.45) is 0 Å². The van der Waals surface area contributed by atoms with Gasteiger partial charge in [-0.1, -0.05) is 30.4 Å². The summed E-state index contributed by atoms with van der Waals surface area (Å²) < 4.78 is 16.1. The summed E-state index contributed by atoms with van der Waals surface area (Å²) in [6.07, 6.45) is 9.29. The van der Waals surface area contributed by atoms with Gasteiger partial charge in [0.05, 0.1) is 23.5 Å². The number of fused-ring (bicyclic) bond motifs is 5. The van der Waals surface area contributed by atoms with E-state index in [1.165, 1.54) is 6.26 Å². The number of thioether (sulfide) groups is 1. The third-order valence-corrected chi connectivity index (χ3v) is 6.28. The predicted octanol–water partition coefficient (Wildman–Crippen LogP) is 1.28. The number of cyclic esters (lactones) is 1. The molecule has 0 fully saturated rings. The maximum absolute atomic E-state index is 12.8. The zero-order valence-corrected chi connectivity index (χ0v) is 19.9. The molecule has 0 saturated carbocycles. The summed E-state index contributed by atoms with van der Waals surface area (Å²) in [5.74, 6) is -1.21. The third-order valence-electron chi connectivity index (χ3n) is 5.11. The summed E-state index contributed by atoms with van der Waals surface area (Å²) in [6.45, 7) is 1.96. The number of nitrogens with zero attached hydrogens (tertiary/aromatic N) is 1. The van der Waals surface area contributed by atoms with Crippen LogP contribution in [0.2, 0.25) is 0 Å². The topological polar surface area (TPSA) is 140 Å². The molecule has 184 valence electrons. The predicted molar refractivity (Wildman–Crippen MR) is 125 cm³/mol. The molecule has 11 heteroatoms. The molecule has 2 aliphatic heterocycles. The SMILES string of the molecule is COC1C=C/C=C/C[C@@H](O)Cc2nc(co2)C(=O)N[C@@H]2CS/C(=C\C[C@@H](C)OC2=O)C(=O)NC1. The number of aliphatic hydroxyl groups is 1. The number of aromatic nitrogens is 1. The van der Waals surface area contributed by atoms with Crippen LogP contribution in [-0.4, -0.2) is 71.6 Å². The molecule has 1 aromatic rings. The Hall–Kier alpha value is -2.89. The Labute approximate surface area is 201 Å². The number of carbonyl (C=O) groups excluding carboxylic acids is 3. The fourth-order valence-electron chi connectivity index (χ4n) is 3.20. The number of aliphatic hydroxyl groups excluding tert-OH is 1. The molecule has 4 bridgehead atoms. The maximum atomic E-state index is 12.8. The number of rotatable bonds is 1. The summed E-state index contributed by atoms with van der Waals surface area (Å²) >= 11 is 1.16. The standard InChI is InChI=1S/C23H29N3O7S/c1-14-8-9-19-22(29)24-11-16(31-2)7-5-3-4-6-15(27)10-20-25-17(12-32-20)21(28)26-18(13-34-19)23(30)33-14/h3-5,7,9,12,14-16,18,27H,6,8,10-11,13H2,1-2H3,(H,24,29)(H,26,28)/b4-3+,7-5?,19-9-/t14-,15-,16?,18-/m1/s1. The third kappa shape index (κ3) is 7.57. The Kier molecular flexibility index (Phi) is 9.49. The molecule has 2 aliphatic rings. The second-order valence-electron chi connectivity index (χ2n) is 7.91. The molecule has 34 heavy (non-hydrogen) atoms. The van der Waals surface area contributed by atoms with Crippen LogP contribution in [0.4, 0.5) is 0 Å². The number of allylic oxidation sites excluding steroid dienone is 2. The van der Waals surface area contributed by atoms with Crippen LogP contribution in [-0.2, 0) is 25.5 Å². The van der Waals surface area contributed by atoms with Gasteiger partial charge in [0, 0.05) is 25.8 Å². The van der Waals surface area contributed by atoms with Crippen molar-refractivity contribution >= 4 is 29.5 Å². The molecule has 2 amide bonds. The summed E-state index contributed by atoms with van der Waals surface area (Å²) in [5, 5.41) is 15.7. The van der Waals surface area contributed by atoms with E-state index in [2.05, 4.69) is 15.6 Å². The molecule has 0 radical (unpaired) electrons. The lowest BCUT2D eigenvalue weighted by Gasteiger charge is -2.18. The van der Waals surface area contributed by atoms with Crippen LogP contribution in [0.3, 0.4) is 0 Å². The molecule has 0 spiro atoms. The normalized spacial score (nSPS) is 30.0. The van der Waals surface area contributed by atoms with Crippen LogP contribution in [0.15, 0.2) is 46.0 Å². The van der Waals surface area contributed by atoms with Crippen LogP contribution < -0.4 is 10.6 Å². The van der Waals surface area contributed by atoms with E-state index >= 15 is 0 Å². The van der Waals surface area contributed by atoms with Gasteiger partial charge in [-0.15, -0.1) is 11.8 Å². The minimum atomic E-state index is -0.995. The van der Waals surface area contributed by atoms with Crippen molar-refractivity contribution < 1.29 is 33.4 Å². The molecule has 1 unspecified atom stereocenters. The number of esters is 1. The van der Waals surface area contributed by atoms with Crippen molar-refractivity contribution in [1.29, 1.82) is 0 Å². The highest BCUT2D eigenvalue weighted by Crippen LogP contribution is 2.22. The van der Waals surface area contributed by atoms with E-state index in [0.29, 0.717) is 17.7 Å². The van der Waals surface area contributed by atoms with Gasteiger partial charge in [-0.25, -0.2) is 9.78 Å². The van der Waals surface area contributed by atoms with E-state index in [9.17, 15) is 19.5 Å². The Morgan fingerprint density at radius 3 is 2.82 bits per heavy atom. The van der Waals surface area contributed by atoms with Gasteiger partial charge in [0.2, 0.25) is 0 Å². The monoisotopic (exact) mass is 491 g/mol. The van der Waals surface area contributed by atoms with Gasteiger partial charge in [0.25, 0.3) is 11.8 Å². The van der Waals surface area contributed by atoms with Crippen LogP contribution in [0.1, 0.15) is 36.1 Å². The Morgan fingerprint density at radius 2 is 2.03 bits per heavy atom. The molecule has 10 nitrogen and oxygen atoms in total.